The van der Waals surface area contributed by atoms with Gasteiger partial charge < -0.3 is 15.2 Å². The number of methoxy groups -OCH3 is 1. The maximum atomic E-state index is 11.5. The molecule has 0 bridgehead atoms. The molecule has 2 N–H and O–H groups in total. The largest absolute Gasteiger partial charge is 0.490 e. The van der Waals surface area contributed by atoms with E-state index in [1.54, 1.807) is 6.92 Å². The van der Waals surface area contributed by atoms with Gasteiger partial charge in [-0.15, -0.1) is 0 Å². The van der Waals surface area contributed by atoms with Gasteiger partial charge in [0, 0.05) is 17.2 Å². The molecule has 0 saturated heterocycles. The Hall–Kier alpha value is -3.09. The van der Waals surface area contributed by atoms with Gasteiger partial charge in [0.2, 0.25) is 17.4 Å². The maximum Gasteiger partial charge on any atom is 0.352 e. The highest BCUT2D eigenvalue weighted by Crippen LogP contribution is 2.41. The van der Waals surface area contributed by atoms with E-state index in [2.05, 4.69) is 0 Å². The van der Waals surface area contributed by atoms with E-state index < -0.39 is 10.8 Å². The predicted octanol–water partition coefficient (Wildman–Crippen LogP) is 2.59. The SMILES string of the molecule is COc1cc(C(N)=O)c(C)c(OCc2ccccc2)c1[N+](=O)[O-]. The second-order valence-electron chi connectivity index (χ2n) is 4.82. The third-order valence-electron chi connectivity index (χ3n) is 3.36. The summed E-state index contributed by atoms with van der Waals surface area (Å²) in [6.07, 6.45) is 0. The zero-order valence-corrected chi connectivity index (χ0v) is 12.7. The van der Waals surface area contributed by atoms with Crippen molar-refractivity contribution < 1.29 is 19.2 Å². The molecule has 0 atom stereocenters. The Kier molecular flexibility index (Phi) is 4.80. The number of amides is 1. The number of nitro benzene ring substituents is 1. The number of hydrogen-bond acceptors (Lipinski definition) is 5. The van der Waals surface area contributed by atoms with Crippen molar-refractivity contribution in [2.45, 2.75) is 13.5 Å². The quantitative estimate of drug-likeness (QED) is 0.651. The van der Waals surface area contributed by atoms with E-state index in [1.807, 2.05) is 30.3 Å². The topological polar surface area (TPSA) is 105 Å². The number of hydrogen-bond donors (Lipinski definition) is 1. The zero-order chi connectivity index (χ0) is 17.0. The van der Waals surface area contributed by atoms with E-state index >= 15 is 0 Å². The van der Waals surface area contributed by atoms with Crippen LogP contribution in [0.3, 0.4) is 0 Å². The fourth-order valence-electron chi connectivity index (χ4n) is 2.21. The first-order valence-electron chi connectivity index (χ1n) is 6.78. The molecule has 0 aliphatic carbocycles. The number of nitro groups is 1. The van der Waals surface area contributed by atoms with Gasteiger partial charge in [-0.3, -0.25) is 14.9 Å². The van der Waals surface area contributed by atoms with Crippen molar-refractivity contribution in [3.63, 3.8) is 0 Å². The number of ether oxygens (including phenoxy) is 2. The molecule has 0 unspecified atom stereocenters. The molecule has 0 radical (unpaired) electrons. The smallest absolute Gasteiger partial charge is 0.352 e. The molecule has 1 amide bonds. The molecular formula is C16H16N2O5. The standard InChI is InChI=1S/C16H16N2O5/c1-10-12(16(17)19)8-13(22-2)14(18(20)21)15(10)23-9-11-6-4-3-5-7-11/h3-8H,9H2,1-2H3,(H2,17,19). The van der Waals surface area contributed by atoms with Crippen LogP contribution in [0.25, 0.3) is 0 Å². The molecule has 0 aliphatic rings. The fraction of sp³-hybridized carbons (Fsp3) is 0.188. The fourth-order valence-corrected chi connectivity index (χ4v) is 2.21. The first-order chi connectivity index (χ1) is 11.0. The van der Waals surface area contributed by atoms with Crippen LogP contribution in [-0.4, -0.2) is 17.9 Å². The first kappa shape index (κ1) is 16.3. The molecule has 0 aliphatic heterocycles. The van der Waals surface area contributed by atoms with Crippen molar-refractivity contribution in [3.8, 4) is 11.5 Å². The van der Waals surface area contributed by atoms with Crippen molar-refractivity contribution in [1.29, 1.82) is 0 Å². The summed E-state index contributed by atoms with van der Waals surface area (Å²) in [5.41, 5.74) is 6.26. The molecule has 2 aromatic rings. The molecule has 0 spiro atoms. The Morgan fingerprint density at radius 1 is 1.30 bits per heavy atom. The second kappa shape index (κ2) is 6.78. The molecule has 23 heavy (non-hydrogen) atoms. The average Bonchev–Trinajstić information content (AvgIpc) is 2.53. The van der Waals surface area contributed by atoms with Gasteiger partial charge in [-0.1, -0.05) is 30.3 Å². The summed E-state index contributed by atoms with van der Waals surface area (Å²) in [5.74, 6) is -0.801. The number of carbonyl (C=O) groups is 1. The van der Waals surface area contributed by atoms with Crippen LogP contribution >= 0.6 is 0 Å². The van der Waals surface area contributed by atoms with Crippen LogP contribution in [0.4, 0.5) is 5.69 Å². The van der Waals surface area contributed by atoms with Gasteiger partial charge in [0.1, 0.15) is 6.61 Å². The van der Waals surface area contributed by atoms with Gasteiger partial charge in [-0.2, -0.15) is 0 Å². The summed E-state index contributed by atoms with van der Waals surface area (Å²) in [6, 6.07) is 10.4. The van der Waals surface area contributed by atoms with E-state index in [9.17, 15) is 14.9 Å². The summed E-state index contributed by atoms with van der Waals surface area (Å²) >= 11 is 0. The van der Waals surface area contributed by atoms with E-state index in [4.69, 9.17) is 15.2 Å². The highest BCUT2D eigenvalue weighted by molar-refractivity contribution is 5.96. The minimum absolute atomic E-state index is 0.0213. The molecule has 0 aromatic heterocycles. The number of rotatable bonds is 6. The second-order valence-corrected chi connectivity index (χ2v) is 4.82. The summed E-state index contributed by atoms with van der Waals surface area (Å²) in [7, 11) is 1.28. The van der Waals surface area contributed by atoms with Crippen LogP contribution in [0.15, 0.2) is 36.4 Å². The molecular weight excluding hydrogens is 300 g/mol. The van der Waals surface area contributed by atoms with E-state index in [1.165, 1.54) is 13.2 Å². The summed E-state index contributed by atoms with van der Waals surface area (Å²) < 4.78 is 10.6. The lowest BCUT2D eigenvalue weighted by molar-refractivity contribution is -0.386. The van der Waals surface area contributed by atoms with Gasteiger partial charge in [0.15, 0.2) is 0 Å². The van der Waals surface area contributed by atoms with Gasteiger partial charge in [0.05, 0.1) is 12.0 Å². The van der Waals surface area contributed by atoms with Crippen LogP contribution in [0, 0.1) is 17.0 Å². The third kappa shape index (κ3) is 3.39. The van der Waals surface area contributed by atoms with Crippen LogP contribution in [-0.2, 0) is 6.61 Å². The average molecular weight is 316 g/mol. The number of carbonyl (C=O) groups excluding carboxylic acids is 1. The minimum Gasteiger partial charge on any atom is -0.490 e. The number of primary amides is 1. The Balaban J connectivity index is 2.51. The molecule has 2 aromatic carbocycles. The summed E-state index contributed by atoms with van der Waals surface area (Å²) in [4.78, 5) is 22.3. The molecule has 0 heterocycles. The Labute approximate surface area is 132 Å². The molecule has 0 fully saturated rings. The first-order valence-corrected chi connectivity index (χ1v) is 6.78. The lowest BCUT2D eigenvalue weighted by Crippen LogP contribution is -2.15. The minimum atomic E-state index is -0.708. The molecule has 0 saturated carbocycles. The summed E-state index contributed by atoms with van der Waals surface area (Å²) in [5, 5.41) is 11.4. The van der Waals surface area contributed by atoms with E-state index in [-0.39, 0.29) is 29.4 Å². The number of nitrogens with zero attached hydrogens (tertiary/aromatic N) is 1. The van der Waals surface area contributed by atoms with Crippen molar-refractivity contribution in [2.75, 3.05) is 7.11 Å². The lowest BCUT2D eigenvalue weighted by Gasteiger charge is -2.14. The van der Waals surface area contributed by atoms with Gasteiger partial charge >= 0.3 is 5.69 Å². The molecule has 7 heteroatoms. The van der Waals surface area contributed by atoms with Crippen LogP contribution < -0.4 is 15.2 Å². The molecule has 120 valence electrons. The van der Waals surface area contributed by atoms with Crippen molar-refractivity contribution in [3.05, 3.63) is 63.2 Å². The predicted molar refractivity (Wildman–Crippen MR) is 83.7 cm³/mol. The molecule has 7 nitrogen and oxygen atoms in total. The van der Waals surface area contributed by atoms with Crippen LogP contribution in [0.5, 0.6) is 11.5 Å². The van der Waals surface area contributed by atoms with Crippen LogP contribution in [0.1, 0.15) is 21.5 Å². The summed E-state index contributed by atoms with van der Waals surface area (Å²) in [6.45, 7) is 1.67. The van der Waals surface area contributed by atoms with Crippen molar-refractivity contribution in [1.82, 2.24) is 0 Å². The van der Waals surface area contributed by atoms with Crippen LogP contribution in [0.2, 0.25) is 0 Å². The normalized spacial score (nSPS) is 10.2. The number of benzene rings is 2. The van der Waals surface area contributed by atoms with Crippen molar-refractivity contribution >= 4 is 11.6 Å². The Morgan fingerprint density at radius 2 is 1.96 bits per heavy atom. The van der Waals surface area contributed by atoms with Gasteiger partial charge in [0.25, 0.3) is 0 Å². The van der Waals surface area contributed by atoms with Gasteiger partial charge in [-0.25, -0.2) is 0 Å². The molecule has 2 rings (SSSR count). The maximum absolute atomic E-state index is 11.5. The Morgan fingerprint density at radius 3 is 2.48 bits per heavy atom. The third-order valence-corrected chi connectivity index (χ3v) is 3.36. The lowest BCUT2D eigenvalue weighted by atomic mass is 10.0. The zero-order valence-electron chi connectivity index (χ0n) is 12.7. The van der Waals surface area contributed by atoms with Crippen molar-refractivity contribution in [2.24, 2.45) is 5.73 Å². The van der Waals surface area contributed by atoms with Gasteiger partial charge in [-0.05, 0) is 12.5 Å². The Bertz CT molecular complexity index is 744. The highest BCUT2D eigenvalue weighted by atomic mass is 16.6. The van der Waals surface area contributed by atoms with E-state index in [0.717, 1.165) is 5.56 Å². The van der Waals surface area contributed by atoms with E-state index in [0.29, 0.717) is 5.56 Å². The number of nitrogens with two attached hydrogens (primary N) is 1. The monoisotopic (exact) mass is 316 g/mol. The highest BCUT2D eigenvalue weighted by Gasteiger charge is 2.28.